The van der Waals surface area contributed by atoms with E-state index in [-0.39, 0.29) is 17.2 Å². The number of anilines is 1. The van der Waals surface area contributed by atoms with E-state index < -0.39 is 11.7 Å². The van der Waals surface area contributed by atoms with Crippen LogP contribution in [0, 0.1) is 17.1 Å². The monoisotopic (exact) mass is 354 g/mol. The van der Waals surface area contributed by atoms with Gasteiger partial charge in [0.1, 0.15) is 18.2 Å². The molecule has 0 radical (unpaired) electrons. The van der Waals surface area contributed by atoms with Crippen LogP contribution in [0.2, 0.25) is 0 Å². The number of halogens is 1. The van der Waals surface area contributed by atoms with Crippen molar-refractivity contribution in [1.29, 1.82) is 5.26 Å². The number of amides is 1. The fourth-order valence-electron chi connectivity index (χ4n) is 2.75. The topological polar surface area (TPSA) is 71.4 Å². The lowest BCUT2D eigenvalue weighted by Crippen LogP contribution is -2.25. The average molecular weight is 354 g/mol. The van der Waals surface area contributed by atoms with Crippen molar-refractivity contribution in [2.24, 2.45) is 0 Å². The lowest BCUT2D eigenvalue weighted by atomic mass is 10.1. The first kappa shape index (κ1) is 17.9. The zero-order valence-electron chi connectivity index (χ0n) is 14.2. The zero-order chi connectivity index (χ0) is 18.4. The van der Waals surface area contributed by atoms with Crippen LogP contribution < -0.4 is 10.1 Å². The number of carbonyl (C=O) groups excluding carboxylic acids is 1. The third-order valence-corrected chi connectivity index (χ3v) is 4.11. The van der Waals surface area contributed by atoms with Crippen LogP contribution in [0.15, 0.2) is 42.5 Å². The molecule has 1 aliphatic rings. The van der Waals surface area contributed by atoms with Gasteiger partial charge >= 0.3 is 0 Å². The van der Waals surface area contributed by atoms with E-state index in [9.17, 15) is 9.18 Å². The summed E-state index contributed by atoms with van der Waals surface area (Å²) in [6, 6.07) is 12.3. The summed E-state index contributed by atoms with van der Waals surface area (Å²) in [5.74, 6) is -0.414. The summed E-state index contributed by atoms with van der Waals surface area (Å²) >= 11 is 0. The minimum absolute atomic E-state index is 0.0938. The van der Waals surface area contributed by atoms with E-state index in [0.29, 0.717) is 18.0 Å². The highest BCUT2D eigenvalue weighted by atomic mass is 19.1. The molecule has 0 spiro atoms. The third kappa shape index (κ3) is 4.80. The zero-order valence-corrected chi connectivity index (χ0v) is 14.2. The molecule has 2 aromatic rings. The van der Waals surface area contributed by atoms with E-state index in [1.807, 2.05) is 6.07 Å². The summed E-state index contributed by atoms with van der Waals surface area (Å²) < 4.78 is 24.8. The first-order valence-corrected chi connectivity index (χ1v) is 8.50. The Bertz CT molecular complexity index is 809. The van der Waals surface area contributed by atoms with Gasteiger partial charge in [0.25, 0.3) is 5.91 Å². The Morgan fingerprint density at radius 3 is 2.77 bits per heavy atom. The van der Waals surface area contributed by atoms with Crippen molar-refractivity contribution in [2.75, 3.05) is 18.5 Å². The Morgan fingerprint density at radius 2 is 2.08 bits per heavy atom. The Morgan fingerprint density at radius 1 is 1.27 bits per heavy atom. The van der Waals surface area contributed by atoms with Gasteiger partial charge in [0.2, 0.25) is 0 Å². The molecule has 3 rings (SSSR count). The van der Waals surface area contributed by atoms with Gasteiger partial charge in [0.15, 0.2) is 0 Å². The van der Waals surface area contributed by atoms with Crippen LogP contribution in [0.25, 0.3) is 0 Å². The molecule has 6 heteroatoms. The molecule has 134 valence electrons. The molecule has 26 heavy (non-hydrogen) atoms. The molecule has 1 saturated heterocycles. The molecule has 1 unspecified atom stereocenters. The maximum Gasteiger partial charge on any atom is 0.255 e. The number of rotatable bonds is 5. The van der Waals surface area contributed by atoms with Crippen molar-refractivity contribution in [2.45, 2.75) is 25.4 Å². The fourth-order valence-corrected chi connectivity index (χ4v) is 2.75. The van der Waals surface area contributed by atoms with Crippen LogP contribution >= 0.6 is 0 Å². The number of nitrogens with zero attached hydrogens (tertiary/aromatic N) is 1. The van der Waals surface area contributed by atoms with Gasteiger partial charge in [-0.2, -0.15) is 5.26 Å². The highest BCUT2D eigenvalue weighted by molar-refractivity contribution is 6.04. The molecular weight excluding hydrogens is 335 g/mol. The number of carbonyl (C=O) groups is 1. The normalized spacial score (nSPS) is 16.5. The van der Waals surface area contributed by atoms with Gasteiger partial charge in [-0.3, -0.25) is 4.79 Å². The highest BCUT2D eigenvalue weighted by Gasteiger charge is 2.14. The van der Waals surface area contributed by atoms with Crippen LogP contribution in [0.3, 0.4) is 0 Å². The maximum absolute atomic E-state index is 13.4. The summed E-state index contributed by atoms with van der Waals surface area (Å²) in [6.07, 6.45) is 3.40. The van der Waals surface area contributed by atoms with Crippen molar-refractivity contribution >= 4 is 11.6 Å². The number of nitrogens with one attached hydrogen (secondary N) is 1. The second kappa shape index (κ2) is 8.45. The fraction of sp³-hybridized carbons (Fsp3) is 0.300. The number of hydrogen-bond acceptors (Lipinski definition) is 4. The summed E-state index contributed by atoms with van der Waals surface area (Å²) in [6.45, 7) is 1.29. The first-order chi connectivity index (χ1) is 12.6. The minimum atomic E-state index is -0.622. The molecule has 1 heterocycles. The van der Waals surface area contributed by atoms with E-state index in [4.69, 9.17) is 14.7 Å². The largest absolute Gasteiger partial charge is 0.491 e. The van der Waals surface area contributed by atoms with Crippen molar-refractivity contribution in [3.8, 4) is 11.8 Å². The molecule has 1 fully saturated rings. The van der Waals surface area contributed by atoms with E-state index >= 15 is 0 Å². The number of hydrogen-bond donors (Lipinski definition) is 1. The summed E-state index contributed by atoms with van der Waals surface area (Å²) in [7, 11) is 0. The average Bonchev–Trinajstić information content (AvgIpc) is 2.67. The molecule has 1 aliphatic heterocycles. The number of benzene rings is 2. The van der Waals surface area contributed by atoms with Gasteiger partial charge in [-0.05, 0) is 61.7 Å². The van der Waals surface area contributed by atoms with E-state index in [0.717, 1.165) is 38.0 Å². The Balaban J connectivity index is 1.57. The van der Waals surface area contributed by atoms with E-state index in [2.05, 4.69) is 5.32 Å². The molecule has 0 aromatic heterocycles. The molecule has 2 aromatic carbocycles. The summed E-state index contributed by atoms with van der Waals surface area (Å²) in [5, 5.41) is 11.5. The van der Waals surface area contributed by atoms with Gasteiger partial charge in [-0.25, -0.2) is 4.39 Å². The van der Waals surface area contributed by atoms with Crippen LogP contribution in [-0.2, 0) is 4.74 Å². The predicted octanol–water partition coefficient (Wildman–Crippen LogP) is 3.90. The van der Waals surface area contributed by atoms with E-state index in [1.54, 1.807) is 24.3 Å². The van der Waals surface area contributed by atoms with Gasteiger partial charge in [-0.15, -0.1) is 0 Å². The van der Waals surface area contributed by atoms with Gasteiger partial charge < -0.3 is 14.8 Å². The molecule has 1 atom stereocenters. The van der Waals surface area contributed by atoms with Crippen LogP contribution in [0.5, 0.6) is 5.75 Å². The molecule has 1 amide bonds. The summed E-state index contributed by atoms with van der Waals surface area (Å²) in [4.78, 5) is 12.2. The Hall–Kier alpha value is -2.91. The predicted molar refractivity (Wildman–Crippen MR) is 94.6 cm³/mol. The first-order valence-electron chi connectivity index (χ1n) is 8.50. The van der Waals surface area contributed by atoms with E-state index in [1.165, 1.54) is 6.07 Å². The second-order valence-electron chi connectivity index (χ2n) is 6.12. The molecule has 0 saturated carbocycles. The van der Waals surface area contributed by atoms with Crippen molar-refractivity contribution in [3.63, 3.8) is 0 Å². The molecule has 5 nitrogen and oxygen atoms in total. The lowest BCUT2D eigenvalue weighted by Gasteiger charge is -2.22. The minimum Gasteiger partial charge on any atom is -0.491 e. The van der Waals surface area contributed by atoms with Crippen molar-refractivity contribution in [3.05, 3.63) is 59.4 Å². The smallest absolute Gasteiger partial charge is 0.255 e. The second-order valence-corrected chi connectivity index (χ2v) is 6.12. The highest BCUT2D eigenvalue weighted by Crippen LogP contribution is 2.19. The molecular formula is C20H19FN2O3. The van der Waals surface area contributed by atoms with Gasteiger partial charge in [0, 0.05) is 17.9 Å². The maximum atomic E-state index is 13.4. The van der Waals surface area contributed by atoms with Gasteiger partial charge in [-0.1, -0.05) is 0 Å². The third-order valence-electron chi connectivity index (χ3n) is 4.11. The van der Waals surface area contributed by atoms with Crippen LogP contribution in [-0.4, -0.2) is 25.2 Å². The SMILES string of the molecule is N#Cc1cc(F)cc(C(=O)Nc2ccc(OCC3CCCCO3)cc2)c1. The molecule has 0 aliphatic carbocycles. The van der Waals surface area contributed by atoms with Crippen molar-refractivity contribution in [1.82, 2.24) is 0 Å². The van der Waals surface area contributed by atoms with Crippen LogP contribution in [0.4, 0.5) is 10.1 Å². The standard InChI is InChI=1S/C20H19FN2O3/c21-16-10-14(12-22)9-15(11-16)20(24)23-17-4-6-18(7-5-17)26-13-19-3-1-2-8-25-19/h4-7,9-11,19H,1-3,8,13H2,(H,23,24). The molecule has 0 bridgehead atoms. The Labute approximate surface area is 151 Å². The number of ether oxygens (including phenoxy) is 2. The lowest BCUT2D eigenvalue weighted by molar-refractivity contribution is -0.0110. The Kier molecular flexibility index (Phi) is 5.82. The quantitative estimate of drug-likeness (QED) is 0.884. The number of nitriles is 1. The van der Waals surface area contributed by atoms with Crippen molar-refractivity contribution < 1.29 is 18.7 Å². The summed E-state index contributed by atoms with van der Waals surface area (Å²) in [5.41, 5.74) is 0.749. The molecule has 1 N–H and O–H groups in total. The van der Waals surface area contributed by atoms with Crippen LogP contribution in [0.1, 0.15) is 35.2 Å². The van der Waals surface area contributed by atoms with Gasteiger partial charge in [0.05, 0.1) is 17.7 Å².